The van der Waals surface area contributed by atoms with Gasteiger partial charge in [-0.05, 0) is 33.4 Å². The Labute approximate surface area is 150 Å². The first-order valence-corrected chi connectivity index (χ1v) is 8.32. The lowest BCUT2D eigenvalue weighted by molar-refractivity contribution is -0.107. The number of aldehydes is 1. The SMILES string of the molecule is Cn1c(CC=O)c(-c2ccc(Br)c(F)c2Cl)c2ccccc2c1=O. The Balaban J connectivity index is 2.53. The van der Waals surface area contributed by atoms with Crippen molar-refractivity contribution in [2.24, 2.45) is 7.05 Å². The van der Waals surface area contributed by atoms with Crippen LogP contribution in [0.1, 0.15) is 5.69 Å². The fraction of sp³-hybridized carbons (Fsp3) is 0.111. The number of aromatic nitrogens is 1. The van der Waals surface area contributed by atoms with Gasteiger partial charge < -0.3 is 9.36 Å². The number of halogens is 3. The van der Waals surface area contributed by atoms with Crippen molar-refractivity contribution in [3.05, 3.63) is 67.8 Å². The molecule has 0 amide bonds. The highest BCUT2D eigenvalue weighted by atomic mass is 79.9. The van der Waals surface area contributed by atoms with Crippen molar-refractivity contribution in [2.75, 3.05) is 0 Å². The number of rotatable bonds is 3. The Hall–Kier alpha value is -1.98. The maximum absolute atomic E-state index is 14.3. The first-order valence-electron chi connectivity index (χ1n) is 7.15. The summed E-state index contributed by atoms with van der Waals surface area (Å²) in [6.07, 6.45) is 0.746. The Kier molecular flexibility index (Phi) is 4.56. The van der Waals surface area contributed by atoms with Crippen molar-refractivity contribution in [3.63, 3.8) is 0 Å². The summed E-state index contributed by atoms with van der Waals surface area (Å²) in [6.45, 7) is 0. The second kappa shape index (κ2) is 6.49. The summed E-state index contributed by atoms with van der Waals surface area (Å²) in [6, 6.07) is 10.3. The Morgan fingerprint density at radius 3 is 2.54 bits per heavy atom. The lowest BCUT2D eigenvalue weighted by atomic mass is 9.95. The molecule has 2 aromatic carbocycles. The Morgan fingerprint density at radius 2 is 1.88 bits per heavy atom. The molecule has 0 aliphatic heterocycles. The summed E-state index contributed by atoms with van der Waals surface area (Å²) in [4.78, 5) is 23.7. The number of pyridine rings is 1. The molecule has 1 aromatic heterocycles. The third kappa shape index (κ3) is 2.58. The molecule has 0 saturated carbocycles. The average molecular weight is 409 g/mol. The highest BCUT2D eigenvalue weighted by molar-refractivity contribution is 9.10. The van der Waals surface area contributed by atoms with E-state index in [0.717, 1.165) is 6.29 Å². The van der Waals surface area contributed by atoms with E-state index in [0.29, 0.717) is 27.6 Å². The van der Waals surface area contributed by atoms with Crippen LogP contribution in [0.25, 0.3) is 21.9 Å². The quantitative estimate of drug-likeness (QED) is 0.473. The summed E-state index contributed by atoms with van der Waals surface area (Å²) in [5.74, 6) is -0.579. The van der Waals surface area contributed by atoms with Gasteiger partial charge in [0.1, 0.15) is 6.29 Å². The minimum absolute atomic E-state index is 0.0277. The monoisotopic (exact) mass is 407 g/mol. The molecule has 0 saturated heterocycles. The second-order valence-electron chi connectivity index (χ2n) is 5.33. The van der Waals surface area contributed by atoms with E-state index in [1.807, 2.05) is 0 Å². The van der Waals surface area contributed by atoms with E-state index < -0.39 is 5.82 Å². The van der Waals surface area contributed by atoms with Crippen molar-refractivity contribution in [2.45, 2.75) is 6.42 Å². The number of carbonyl (C=O) groups excluding carboxylic acids is 1. The van der Waals surface area contributed by atoms with Crippen LogP contribution in [0.2, 0.25) is 5.02 Å². The number of nitrogens with zero attached hydrogens (tertiary/aromatic N) is 1. The first kappa shape index (κ1) is 16.9. The summed E-state index contributed by atoms with van der Waals surface area (Å²) in [5, 5.41) is 1.07. The van der Waals surface area contributed by atoms with Gasteiger partial charge in [0.15, 0.2) is 5.82 Å². The van der Waals surface area contributed by atoms with Crippen LogP contribution in [0.5, 0.6) is 0 Å². The molecule has 1 heterocycles. The van der Waals surface area contributed by atoms with E-state index in [1.54, 1.807) is 43.4 Å². The molecular weight excluding hydrogens is 397 g/mol. The molecule has 0 fully saturated rings. The van der Waals surface area contributed by atoms with E-state index in [-0.39, 0.29) is 21.5 Å². The van der Waals surface area contributed by atoms with Gasteiger partial charge in [0, 0.05) is 35.7 Å². The molecule has 0 unspecified atom stereocenters. The van der Waals surface area contributed by atoms with Crippen LogP contribution < -0.4 is 5.56 Å². The summed E-state index contributed by atoms with van der Waals surface area (Å²) < 4.78 is 15.9. The van der Waals surface area contributed by atoms with Crippen LogP contribution in [-0.2, 0) is 18.3 Å². The van der Waals surface area contributed by atoms with Gasteiger partial charge >= 0.3 is 0 Å². The molecule has 0 N–H and O–H groups in total. The molecule has 6 heteroatoms. The smallest absolute Gasteiger partial charge is 0.258 e. The first-order chi connectivity index (χ1) is 11.5. The van der Waals surface area contributed by atoms with Gasteiger partial charge in [-0.2, -0.15) is 0 Å². The third-order valence-electron chi connectivity index (χ3n) is 4.01. The number of carbonyl (C=O) groups is 1. The van der Waals surface area contributed by atoms with Crippen molar-refractivity contribution < 1.29 is 9.18 Å². The average Bonchev–Trinajstić information content (AvgIpc) is 2.59. The fourth-order valence-electron chi connectivity index (χ4n) is 2.85. The van der Waals surface area contributed by atoms with Gasteiger partial charge in [-0.1, -0.05) is 35.9 Å². The van der Waals surface area contributed by atoms with Gasteiger partial charge in [-0.15, -0.1) is 0 Å². The van der Waals surface area contributed by atoms with Gasteiger partial charge in [0.25, 0.3) is 5.56 Å². The van der Waals surface area contributed by atoms with Crippen molar-refractivity contribution >= 4 is 44.6 Å². The lowest BCUT2D eigenvalue weighted by Crippen LogP contribution is -2.22. The summed E-state index contributed by atoms with van der Waals surface area (Å²) >= 11 is 9.32. The molecule has 0 aliphatic rings. The molecule has 0 spiro atoms. The maximum atomic E-state index is 14.3. The number of hydrogen-bond donors (Lipinski definition) is 0. The topological polar surface area (TPSA) is 39.1 Å². The molecular formula is C18H12BrClFNO2. The molecule has 0 radical (unpaired) electrons. The van der Waals surface area contributed by atoms with Crippen LogP contribution in [0, 0.1) is 5.82 Å². The van der Waals surface area contributed by atoms with E-state index in [9.17, 15) is 14.0 Å². The highest BCUT2D eigenvalue weighted by Crippen LogP contribution is 2.38. The van der Waals surface area contributed by atoms with Crippen LogP contribution >= 0.6 is 27.5 Å². The minimum atomic E-state index is -0.579. The van der Waals surface area contributed by atoms with Crippen molar-refractivity contribution in [3.8, 4) is 11.1 Å². The molecule has 0 atom stereocenters. The van der Waals surface area contributed by atoms with Crippen LogP contribution in [0.15, 0.2) is 45.7 Å². The Morgan fingerprint density at radius 1 is 1.21 bits per heavy atom. The largest absolute Gasteiger partial charge is 0.314 e. The van der Waals surface area contributed by atoms with Gasteiger partial charge in [0.2, 0.25) is 0 Å². The summed E-state index contributed by atoms with van der Waals surface area (Å²) in [7, 11) is 1.60. The number of benzene rings is 2. The molecule has 0 bridgehead atoms. The molecule has 122 valence electrons. The zero-order valence-corrected chi connectivity index (χ0v) is 15.0. The predicted octanol–water partition coefficient (Wildman–Crippen LogP) is 4.50. The molecule has 3 nitrogen and oxygen atoms in total. The summed E-state index contributed by atoms with van der Waals surface area (Å²) in [5.41, 5.74) is 1.33. The molecule has 3 rings (SSSR count). The highest BCUT2D eigenvalue weighted by Gasteiger charge is 2.20. The zero-order valence-electron chi connectivity index (χ0n) is 12.6. The third-order valence-corrected chi connectivity index (χ3v) is 4.99. The van der Waals surface area contributed by atoms with Gasteiger partial charge in [-0.25, -0.2) is 4.39 Å². The lowest BCUT2D eigenvalue weighted by Gasteiger charge is -2.17. The maximum Gasteiger partial charge on any atom is 0.258 e. The normalized spacial score (nSPS) is 11.0. The van der Waals surface area contributed by atoms with Crippen molar-refractivity contribution in [1.82, 2.24) is 4.57 Å². The van der Waals surface area contributed by atoms with E-state index in [2.05, 4.69) is 15.9 Å². The second-order valence-corrected chi connectivity index (χ2v) is 6.56. The van der Waals surface area contributed by atoms with Crippen LogP contribution in [-0.4, -0.2) is 10.9 Å². The number of fused-ring (bicyclic) bond motifs is 1. The van der Waals surface area contributed by atoms with Crippen LogP contribution in [0.3, 0.4) is 0 Å². The van der Waals surface area contributed by atoms with E-state index in [4.69, 9.17) is 11.6 Å². The van der Waals surface area contributed by atoms with E-state index in [1.165, 1.54) is 4.57 Å². The molecule has 24 heavy (non-hydrogen) atoms. The fourth-order valence-corrected chi connectivity index (χ4v) is 3.56. The van der Waals surface area contributed by atoms with Crippen LogP contribution in [0.4, 0.5) is 4.39 Å². The zero-order chi connectivity index (χ0) is 17.4. The number of hydrogen-bond acceptors (Lipinski definition) is 2. The van der Waals surface area contributed by atoms with E-state index >= 15 is 0 Å². The minimum Gasteiger partial charge on any atom is -0.314 e. The van der Waals surface area contributed by atoms with Gasteiger partial charge in [-0.3, -0.25) is 4.79 Å². The molecule has 0 aliphatic carbocycles. The predicted molar refractivity (Wildman–Crippen MR) is 97.1 cm³/mol. The molecule has 3 aromatic rings. The standard InChI is InChI=1S/C18H12BrClFNO2/c1-22-14(8-9-23)15(10-4-2-3-5-11(10)18(22)24)12-6-7-13(19)17(21)16(12)20/h2-7,9H,8H2,1H3. The van der Waals surface area contributed by atoms with Crippen molar-refractivity contribution in [1.29, 1.82) is 0 Å². The Bertz CT molecular complexity index is 1030. The van der Waals surface area contributed by atoms with Gasteiger partial charge in [0.05, 0.1) is 9.50 Å².